The van der Waals surface area contributed by atoms with Crippen molar-refractivity contribution in [3.63, 3.8) is 0 Å². The smallest absolute Gasteiger partial charge is 0.266 e. The molecule has 0 aliphatic carbocycles. The van der Waals surface area contributed by atoms with Gasteiger partial charge >= 0.3 is 0 Å². The van der Waals surface area contributed by atoms with Crippen molar-refractivity contribution in [2.45, 2.75) is 40.8 Å². The Morgan fingerprint density at radius 1 is 0.942 bits per heavy atom. The van der Waals surface area contributed by atoms with E-state index in [4.69, 9.17) is 24.3 Å². The average molecular weight is 715 g/mol. The number of amides is 1. The maximum atomic E-state index is 14.8. The summed E-state index contributed by atoms with van der Waals surface area (Å²) in [5.74, 6) is 1.04. The second-order valence-electron chi connectivity index (χ2n) is 11.9. The molecule has 12 heteroatoms. The van der Waals surface area contributed by atoms with Gasteiger partial charge in [-0.3, -0.25) is 10.2 Å². The lowest BCUT2D eigenvalue weighted by atomic mass is 9.81. The molecule has 0 saturated heterocycles. The fourth-order valence-electron chi connectivity index (χ4n) is 5.88. The van der Waals surface area contributed by atoms with Gasteiger partial charge in [-0.2, -0.15) is 0 Å². The summed E-state index contributed by atoms with van der Waals surface area (Å²) in [5.41, 5.74) is 17.2. The zero-order valence-corrected chi connectivity index (χ0v) is 29.3. The lowest BCUT2D eigenvalue weighted by Crippen LogP contribution is -2.53. The number of hydrogen-bond donors (Lipinski definition) is 3. The van der Waals surface area contributed by atoms with E-state index in [1.165, 1.54) is 0 Å². The Morgan fingerprint density at radius 2 is 1.69 bits per heavy atom. The van der Waals surface area contributed by atoms with Crippen LogP contribution in [0, 0.1) is 0 Å². The van der Waals surface area contributed by atoms with Crippen LogP contribution in [-0.2, 0) is 22.5 Å². The van der Waals surface area contributed by atoms with Crippen LogP contribution in [0.5, 0.6) is 11.5 Å². The van der Waals surface area contributed by atoms with Crippen molar-refractivity contribution in [1.82, 2.24) is 10.9 Å². The topological polar surface area (TPSA) is 150 Å². The first-order valence-corrected chi connectivity index (χ1v) is 17.6. The van der Waals surface area contributed by atoms with Crippen LogP contribution in [0.1, 0.15) is 34.8 Å². The van der Waals surface area contributed by atoms with Crippen molar-refractivity contribution < 1.29 is 24.1 Å². The van der Waals surface area contributed by atoms with Crippen LogP contribution in [-0.4, -0.2) is 42.8 Å². The summed E-state index contributed by atoms with van der Waals surface area (Å²) in [4.78, 5) is 25.1. The Labute approximate surface area is 306 Å². The van der Waals surface area contributed by atoms with Crippen molar-refractivity contribution in [2.75, 3.05) is 20.3 Å². The van der Waals surface area contributed by atoms with Gasteiger partial charge in [0.05, 0.1) is 13.7 Å². The summed E-state index contributed by atoms with van der Waals surface area (Å²) in [7, 11) is 1.58. The molecule has 2 atom stereocenters. The number of nitrogens with one attached hydrogen (secondary N) is 2. The third-order valence-corrected chi connectivity index (χ3v) is 9.58. The number of nitrogens with zero attached hydrogens (tertiary/aromatic N) is 4. The van der Waals surface area contributed by atoms with E-state index >= 15 is 0 Å². The summed E-state index contributed by atoms with van der Waals surface area (Å²) in [6.45, 7) is 0.753. The molecule has 52 heavy (non-hydrogen) atoms. The molecule has 0 unspecified atom stereocenters. The highest BCUT2D eigenvalue weighted by Gasteiger charge is 2.53. The first-order chi connectivity index (χ1) is 25.5. The highest BCUT2D eigenvalue weighted by Crippen LogP contribution is 2.44. The molecule has 0 radical (unpaired) electrons. The molecule has 3 N–H and O–H groups in total. The van der Waals surface area contributed by atoms with E-state index in [2.05, 4.69) is 33.0 Å². The van der Waals surface area contributed by atoms with Crippen LogP contribution < -0.4 is 20.3 Å². The largest absolute Gasteiger partial charge is 0.497 e. The minimum absolute atomic E-state index is 0.0371. The van der Waals surface area contributed by atoms with Gasteiger partial charge in [0, 0.05) is 51.9 Å². The molecule has 0 spiro atoms. The van der Waals surface area contributed by atoms with Gasteiger partial charge in [-0.1, -0.05) is 89.7 Å². The van der Waals surface area contributed by atoms with Crippen LogP contribution in [0.3, 0.4) is 0 Å². The maximum absolute atomic E-state index is 14.8. The molecule has 1 amide bonds. The van der Waals surface area contributed by atoms with Gasteiger partial charge in [-0.15, -0.1) is 0 Å². The number of aliphatic hydroxyl groups excluding tert-OH is 1. The monoisotopic (exact) mass is 714 g/mol. The number of carbonyl (C=O) groups is 1. The molecule has 1 aliphatic rings. The summed E-state index contributed by atoms with van der Waals surface area (Å²) in [5, 5.41) is 13.0. The Bertz CT molecular complexity index is 2060. The molecule has 264 valence electrons. The SMILES string of the molecule is COc1cccc([C@@H]2OC(c3ccc(OCCCO)cc3)=N[C@]2(Cc2ccccc2N=[N+]=[N-])C(=O)NNCc2ccccc2Sc2ccccc2)c1. The van der Waals surface area contributed by atoms with Crippen molar-refractivity contribution in [3.05, 3.63) is 160 Å². The Hall–Kier alpha value is -5.78. The summed E-state index contributed by atoms with van der Waals surface area (Å²) < 4.78 is 17.9. The van der Waals surface area contributed by atoms with Crippen LogP contribution >= 0.6 is 11.8 Å². The van der Waals surface area contributed by atoms with Crippen LogP contribution in [0.2, 0.25) is 0 Å². The number of benzene rings is 5. The quantitative estimate of drug-likeness (QED) is 0.0310. The van der Waals surface area contributed by atoms with Gasteiger partial charge in [0.25, 0.3) is 5.91 Å². The van der Waals surface area contributed by atoms with Crippen molar-refractivity contribution in [3.8, 4) is 11.5 Å². The van der Waals surface area contributed by atoms with Crippen molar-refractivity contribution in [2.24, 2.45) is 10.1 Å². The van der Waals surface area contributed by atoms with Crippen LogP contribution in [0.25, 0.3) is 10.4 Å². The Kier molecular flexibility index (Phi) is 12.1. The average Bonchev–Trinajstić information content (AvgIpc) is 3.57. The summed E-state index contributed by atoms with van der Waals surface area (Å²) in [6.07, 6.45) is -0.343. The van der Waals surface area contributed by atoms with E-state index < -0.39 is 17.6 Å². The molecule has 11 nitrogen and oxygen atoms in total. The lowest BCUT2D eigenvalue weighted by molar-refractivity contribution is -0.130. The number of aliphatic hydroxyl groups is 1. The number of carbonyl (C=O) groups excluding carboxylic acids is 1. The van der Waals surface area contributed by atoms with Gasteiger partial charge in [-0.25, -0.2) is 10.4 Å². The van der Waals surface area contributed by atoms with E-state index in [-0.39, 0.29) is 18.9 Å². The second-order valence-corrected chi connectivity index (χ2v) is 13.0. The van der Waals surface area contributed by atoms with E-state index in [9.17, 15) is 10.3 Å². The first-order valence-electron chi connectivity index (χ1n) is 16.7. The van der Waals surface area contributed by atoms with Crippen molar-refractivity contribution in [1.29, 1.82) is 0 Å². The molecule has 0 bridgehead atoms. The first kappa shape index (κ1) is 36.0. The highest BCUT2D eigenvalue weighted by molar-refractivity contribution is 7.99. The van der Waals surface area contributed by atoms with Gasteiger partial charge in [0.15, 0.2) is 11.6 Å². The van der Waals surface area contributed by atoms with E-state index in [0.29, 0.717) is 53.4 Å². The molecule has 0 fully saturated rings. The van der Waals surface area contributed by atoms with Gasteiger partial charge in [-0.05, 0) is 76.8 Å². The van der Waals surface area contributed by atoms with E-state index in [1.807, 2.05) is 91.0 Å². The zero-order valence-electron chi connectivity index (χ0n) is 28.5. The number of aliphatic imine (C=N–C) groups is 1. The van der Waals surface area contributed by atoms with Gasteiger partial charge in [0.2, 0.25) is 5.90 Å². The Morgan fingerprint density at radius 3 is 2.46 bits per heavy atom. The number of methoxy groups -OCH3 is 1. The minimum Gasteiger partial charge on any atom is -0.497 e. The predicted molar refractivity (Wildman–Crippen MR) is 201 cm³/mol. The summed E-state index contributed by atoms with van der Waals surface area (Å²) >= 11 is 1.64. The van der Waals surface area contributed by atoms with Gasteiger partial charge < -0.3 is 19.3 Å². The molecule has 0 aromatic heterocycles. The summed E-state index contributed by atoms with van der Waals surface area (Å²) in [6, 6.07) is 39.8. The molecule has 1 heterocycles. The second kappa shape index (κ2) is 17.4. The molecular formula is C40H38N6O5S. The third-order valence-electron chi connectivity index (χ3n) is 8.45. The molecule has 5 aromatic rings. The van der Waals surface area contributed by atoms with Crippen molar-refractivity contribution >= 4 is 29.3 Å². The maximum Gasteiger partial charge on any atom is 0.266 e. The lowest BCUT2D eigenvalue weighted by Gasteiger charge is -2.31. The van der Waals surface area contributed by atoms with Crippen LogP contribution in [0.15, 0.2) is 147 Å². The number of hydrogen-bond acceptors (Lipinski definition) is 9. The van der Waals surface area contributed by atoms with Gasteiger partial charge in [0.1, 0.15) is 11.5 Å². The fraction of sp³-hybridized carbons (Fsp3) is 0.200. The van der Waals surface area contributed by atoms with E-state index in [1.54, 1.807) is 43.1 Å². The van der Waals surface area contributed by atoms with Crippen LogP contribution in [0.4, 0.5) is 5.69 Å². The number of azide groups is 1. The molecule has 0 saturated carbocycles. The minimum atomic E-state index is -1.57. The third kappa shape index (κ3) is 8.56. The standard InChI is InChI=1S/C40H38N6O5S/c1-49-33-14-9-13-29(25-33)37-40(26-30-11-5-7-17-35(30)44-46-41,43-38(51-37)28-19-21-32(22-20-28)50-24-10-23-47)39(48)45-42-27-31-12-6-8-18-36(31)52-34-15-3-2-4-16-34/h2-9,11-22,25,37,42,47H,10,23-24,26-27H2,1H3,(H,45,48)/t37-,40-/m0/s1. The van der Waals surface area contributed by atoms with E-state index in [0.717, 1.165) is 15.4 Å². The molecule has 6 rings (SSSR count). The normalized spacial score (nSPS) is 16.3. The zero-order chi connectivity index (χ0) is 36.2. The number of hydrazine groups is 1. The number of ether oxygens (including phenoxy) is 3. The molecular weight excluding hydrogens is 677 g/mol. The predicted octanol–water partition coefficient (Wildman–Crippen LogP) is 7.87. The highest BCUT2D eigenvalue weighted by atomic mass is 32.2. The Balaban J connectivity index is 1.37. The molecule has 1 aliphatic heterocycles. The number of rotatable bonds is 16. The fourth-order valence-corrected chi connectivity index (χ4v) is 6.84. The molecule has 5 aromatic carbocycles.